The van der Waals surface area contributed by atoms with Crippen molar-refractivity contribution in [2.24, 2.45) is 0 Å². The average Bonchev–Trinajstić information content (AvgIpc) is 3.34. The molecule has 0 bridgehead atoms. The third-order valence-corrected chi connectivity index (χ3v) is 9.28. The maximum atomic E-state index is 13.3. The van der Waals surface area contributed by atoms with Gasteiger partial charge in [0, 0.05) is 50.6 Å². The molecule has 2 aliphatic rings. The fourth-order valence-corrected chi connectivity index (χ4v) is 6.74. The molecule has 1 aromatic heterocycles. The van der Waals surface area contributed by atoms with E-state index in [1.165, 1.54) is 4.88 Å². The van der Waals surface area contributed by atoms with E-state index in [2.05, 4.69) is 28.2 Å². The number of benzene rings is 1. The first-order valence-electron chi connectivity index (χ1n) is 11.8. The quantitative estimate of drug-likeness (QED) is 0.612. The third-order valence-electron chi connectivity index (χ3n) is 6.45. The van der Waals surface area contributed by atoms with E-state index in [-0.39, 0.29) is 10.8 Å². The predicted molar refractivity (Wildman–Crippen MR) is 135 cm³/mol. The van der Waals surface area contributed by atoms with E-state index in [9.17, 15) is 13.2 Å². The molecule has 180 valence electrons. The Balaban J connectivity index is 1.53. The number of carbonyl (C=O) groups excluding carboxylic acids is 1. The number of amides is 1. The minimum absolute atomic E-state index is 0.0746. The second kappa shape index (κ2) is 11.0. The molecule has 7 nitrogen and oxygen atoms in total. The van der Waals surface area contributed by atoms with E-state index in [1.54, 1.807) is 27.8 Å². The molecule has 2 aromatic rings. The number of rotatable bonds is 8. The highest BCUT2D eigenvalue weighted by Crippen LogP contribution is 2.32. The molecule has 33 heavy (non-hydrogen) atoms. The molecule has 1 amide bonds. The van der Waals surface area contributed by atoms with Crippen molar-refractivity contribution >= 4 is 38.6 Å². The molecule has 9 heteroatoms. The molecule has 3 heterocycles. The third kappa shape index (κ3) is 6.15. The SMILES string of the molecule is CN1CCN(c2ccc(S(=O)(=O)N3CCCCC3)cc2NC(=O)CCCc2cccs2)CC1. The number of hydrogen-bond donors (Lipinski definition) is 1. The van der Waals surface area contributed by atoms with Crippen LogP contribution in [0.1, 0.15) is 37.0 Å². The largest absolute Gasteiger partial charge is 0.367 e. The topological polar surface area (TPSA) is 73.0 Å². The zero-order valence-corrected chi connectivity index (χ0v) is 21.0. The van der Waals surface area contributed by atoms with Crippen LogP contribution in [0.15, 0.2) is 40.6 Å². The van der Waals surface area contributed by atoms with Crippen LogP contribution in [0.4, 0.5) is 11.4 Å². The maximum Gasteiger partial charge on any atom is 0.243 e. The zero-order valence-electron chi connectivity index (χ0n) is 19.3. The van der Waals surface area contributed by atoms with E-state index >= 15 is 0 Å². The molecule has 4 rings (SSSR count). The van der Waals surface area contributed by atoms with Gasteiger partial charge in [0.1, 0.15) is 0 Å². The first-order chi connectivity index (χ1) is 15.9. The number of nitrogens with zero attached hydrogens (tertiary/aromatic N) is 3. The summed E-state index contributed by atoms with van der Waals surface area (Å²) in [6, 6.07) is 9.34. The van der Waals surface area contributed by atoms with Gasteiger partial charge in [0.2, 0.25) is 15.9 Å². The molecule has 1 N–H and O–H groups in total. The van der Waals surface area contributed by atoms with Gasteiger partial charge in [-0.2, -0.15) is 4.31 Å². The van der Waals surface area contributed by atoms with E-state index < -0.39 is 10.0 Å². The van der Waals surface area contributed by atoms with Gasteiger partial charge in [-0.05, 0) is 62.4 Å². The summed E-state index contributed by atoms with van der Waals surface area (Å²) in [6.07, 6.45) is 4.91. The number of sulfonamides is 1. The molecule has 0 atom stereocenters. The average molecular weight is 491 g/mol. The van der Waals surface area contributed by atoms with Crippen molar-refractivity contribution in [1.82, 2.24) is 9.21 Å². The summed E-state index contributed by atoms with van der Waals surface area (Å²) in [5.41, 5.74) is 1.49. The second-order valence-electron chi connectivity index (χ2n) is 8.92. The van der Waals surface area contributed by atoms with Gasteiger partial charge < -0.3 is 15.1 Å². The van der Waals surface area contributed by atoms with E-state index in [0.29, 0.717) is 25.2 Å². The molecule has 2 saturated heterocycles. The fourth-order valence-electron chi connectivity index (χ4n) is 4.44. The van der Waals surface area contributed by atoms with Gasteiger partial charge in [0.25, 0.3) is 0 Å². The van der Waals surface area contributed by atoms with Crippen molar-refractivity contribution in [3.05, 3.63) is 40.6 Å². The van der Waals surface area contributed by atoms with Crippen LogP contribution in [0.2, 0.25) is 0 Å². The number of nitrogens with one attached hydrogen (secondary N) is 1. The molecular formula is C24H34N4O3S2. The van der Waals surface area contributed by atoms with Gasteiger partial charge in [0.15, 0.2) is 0 Å². The number of thiophene rings is 1. The summed E-state index contributed by atoms with van der Waals surface area (Å²) in [6.45, 7) is 4.68. The first-order valence-corrected chi connectivity index (χ1v) is 14.2. The molecule has 0 aliphatic carbocycles. The van der Waals surface area contributed by atoms with Gasteiger partial charge in [-0.15, -0.1) is 11.3 Å². The first kappa shape index (κ1) is 24.2. The van der Waals surface area contributed by atoms with Crippen LogP contribution >= 0.6 is 11.3 Å². The Morgan fingerprint density at radius 2 is 1.79 bits per heavy atom. The van der Waals surface area contributed by atoms with Crippen molar-refractivity contribution in [3.63, 3.8) is 0 Å². The molecule has 2 aliphatic heterocycles. The number of piperidine rings is 1. The molecule has 0 spiro atoms. The Morgan fingerprint density at radius 3 is 2.48 bits per heavy atom. The summed E-state index contributed by atoms with van der Waals surface area (Å²) < 4.78 is 28.1. The smallest absolute Gasteiger partial charge is 0.243 e. The molecular weight excluding hydrogens is 456 g/mol. The summed E-state index contributed by atoms with van der Waals surface area (Å²) in [7, 11) is -1.47. The highest BCUT2D eigenvalue weighted by atomic mass is 32.2. The van der Waals surface area contributed by atoms with Gasteiger partial charge in [0.05, 0.1) is 16.3 Å². The monoisotopic (exact) mass is 490 g/mol. The lowest BCUT2D eigenvalue weighted by atomic mass is 10.2. The molecule has 2 fully saturated rings. The predicted octanol–water partition coefficient (Wildman–Crippen LogP) is 3.64. The van der Waals surface area contributed by atoms with Crippen LogP contribution in [0, 0.1) is 0 Å². The number of carbonyl (C=O) groups is 1. The van der Waals surface area contributed by atoms with Gasteiger partial charge in [-0.25, -0.2) is 8.42 Å². The lowest BCUT2D eigenvalue weighted by Crippen LogP contribution is -2.44. The van der Waals surface area contributed by atoms with Gasteiger partial charge in [-0.1, -0.05) is 12.5 Å². The van der Waals surface area contributed by atoms with Crippen molar-refractivity contribution in [3.8, 4) is 0 Å². The van der Waals surface area contributed by atoms with Crippen LogP contribution in [-0.4, -0.2) is 69.8 Å². The van der Waals surface area contributed by atoms with Crippen molar-refractivity contribution in [2.45, 2.75) is 43.4 Å². The second-order valence-corrected chi connectivity index (χ2v) is 11.9. The van der Waals surface area contributed by atoms with Crippen molar-refractivity contribution in [1.29, 1.82) is 0 Å². The number of piperazine rings is 1. The van der Waals surface area contributed by atoms with E-state index in [1.807, 2.05) is 17.5 Å². The Morgan fingerprint density at radius 1 is 1.03 bits per heavy atom. The van der Waals surface area contributed by atoms with Gasteiger partial charge in [-0.3, -0.25) is 4.79 Å². The molecule has 0 unspecified atom stereocenters. The Kier molecular flexibility index (Phi) is 8.06. The minimum atomic E-state index is -3.57. The Bertz CT molecular complexity index is 1030. The fraction of sp³-hybridized carbons (Fsp3) is 0.542. The zero-order chi connectivity index (χ0) is 23.3. The summed E-state index contributed by atoms with van der Waals surface area (Å²) in [5, 5.41) is 5.09. The standard InChI is InChI=1S/C24H34N4O3S2/c1-26-14-16-27(17-15-26)23-11-10-21(33(30,31)28-12-3-2-4-13-28)19-22(23)25-24(29)9-5-7-20-8-6-18-32-20/h6,8,10-11,18-19H,2-5,7,9,12-17H2,1H3,(H,25,29). The van der Waals surface area contributed by atoms with Crippen LogP contribution < -0.4 is 10.2 Å². The van der Waals surface area contributed by atoms with E-state index in [0.717, 1.165) is 64.0 Å². The Labute approximate surface area is 201 Å². The van der Waals surface area contributed by atoms with Crippen molar-refractivity contribution < 1.29 is 13.2 Å². The van der Waals surface area contributed by atoms with Crippen LogP contribution in [-0.2, 0) is 21.2 Å². The molecule has 0 radical (unpaired) electrons. The highest BCUT2D eigenvalue weighted by molar-refractivity contribution is 7.89. The lowest BCUT2D eigenvalue weighted by Gasteiger charge is -2.35. The maximum absolute atomic E-state index is 13.3. The number of likely N-dealkylation sites (N-methyl/N-ethyl adjacent to an activating group) is 1. The highest BCUT2D eigenvalue weighted by Gasteiger charge is 2.28. The van der Waals surface area contributed by atoms with Crippen LogP contribution in [0.3, 0.4) is 0 Å². The van der Waals surface area contributed by atoms with Crippen LogP contribution in [0.25, 0.3) is 0 Å². The summed E-state index contributed by atoms with van der Waals surface area (Å²) >= 11 is 1.70. The van der Waals surface area contributed by atoms with E-state index in [4.69, 9.17) is 0 Å². The number of hydrogen-bond acceptors (Lipinski definition) is 6. The summed E-state index contributed by atoms with van der Waals surface area (Å²) in [5.74, 6) is -0.0746. The van der Waals surface area contributed by atoms with Crippen LogP contribution in [0.5, 0.6) is 0 Å². The molecule has 1 aromatic carbocycles. The van der Waals surface area contributed by atoms with Crippen molar-refractivity contribution in [2.75, 3.05) is 56.5 Å². The summed E-state index contributed by atoms with van der Waals surface area (Å²) in [4.78, 5) is 18.8. The number of aryl methyl sites for hydroxylation is 1. The normalized spacial score (nSPS) is 18.4. The molecule has 0 saturated carbocycles. The van der Waals surface area contributed by atoms with Gasteiger partial charge >= 0.3 is 0 Å². The number of anilines is 2. The Hall–Kier alpha value is -1.94. The minimum Gasteiger partial charge on any atom is -0.367 e. The lowest BCUT2D eigenvalue weighted by molar-refractivity contribution is -0.116.